The van der Waals surface area contributed by atoms with Crippen molar-refractivity contribution in [3.8, 4) is 5.75 Å². The minimum Gasteiger partial charge on any atom is -0.489 e. The van der Waals surface area contributed by atoms with Gasteiger partial charge >= 0.3 is 0 Å². The molecular formula is C20H23NO2S2. The summed E-state index contributed by atoms with van der Waals surface area (Å²) in [6.07, 6.45) is 1.34. The molecule has 0 bridgehead atoms. The van der Waals surface area contributed by atoms with Gasteiger partial charge in [0, 0.05) is 5.56 Å². The second kappa shape index (κ2) is 8.68. The molecule has 1 aliphatic rings. The first kappa shape index (κ1) is 18.2. The number of para-hydroxylation sites is 2. The monoisotopic (exact) mass is 373 g/mol. The Labute approximate surface area is 157 Å². The van der Waals surface area contributed by atoms with E-state index in [1.54, 1.807) is 0 Å². The highest BCUT2D eigenvalue weighted by atomic mass is 32.2. The predicted molar refractivity (Wildman–Crippen MR) is 109 cm³/mol. The molecule has 1 amide bonds. The van der Waals surface area contributed by atoms with Crippen LogP contribution in [0.2, 0.25) is 0 Å². The molecule has 0 unspecified atom stereocenters. The number of ether oxygens (including phenoxy) is 1. The Bertz CT molecular complexity index is 710. The lowest BCUT2D eigenvalue weighted by Crippen LogP contribution is -2.14. The van der Waals surface area contributed by atoms with E-state index < -0.39 is 0 Å². The van der Waals surface area contributed by atoms with E-state index in [0.29, 0.717) is 21.6 Å². The Morgan fingerprint density at radius 3 is 2.44 bits per heavy atom. The topological polar surface area (TPSA) is 38.3 Å². The number of hydrogen-bond donors (Lipinski definition) is 1. The van der Waals surface area contributed by atoms with E-state index in [-0.39, 0.29) is 12.0 Å². The number of rotatable bonds is 5. The van der Waals surface area contributed by atoms with Crippen LogP contribution in [0.3, 0.4) is 0 Å². The van der Waals surface area contributed by atoms with Gasteiger partial charge in [-0.1, -0.05) is 24.3 Å². The van der Waals surface area contributed by atoms with Gasteiger partial charge in [0.15, 0.2) is 0 Å². The van der Waals surface area contributed by atoms with Crippen LogP contribution in [0.15, 0.2) is 48.5 Å². The van der Waals surface area contributed by atoms with Gasteiger partial charge in [0.05, 0.1) is 16.4 Å². The van der Waals surface area contributed by atoms with Crippen molar-refractivity contribution in [1.82, 2.24) is 0 Å². The van der Waals surface area contributed by atoms with Gasteiger partial charge in [-0.3, -0.25) is 4.79 Å². The maximum atomic E-state index is 12.6. The molecule has 2 aromatic carbocycles. The molecule has 0 radical (unpaired) electrons. The van der Waals surface area contributed by atoms with Crippen LogP contribution in [0.4, 0.5) is 5.69 Å². The summed E-state index contributed by atoms with van der Waals surface area (Å²) in [6, 6.07) is 15.5. The second-order valence-corrected chi connectivity index (χ2v) is 8.89. The standard InChI is InChI=1S/C20H23NO2S2/c1-14(2)23-18-7-4-3-6-17(18)21-19(22)15-8-10-16(11-9-15)20-24-12-5-13-25-20/h3-4,6-11,14,20H,5,12-13H2,1-2H3,(H,21,22). The van der Waals surface area contributed by atoms with Crippen LogP contribution in [0.5, 0.6) is 5.75 Å². The summed E-state index contributed by atoms with van der Waals surface area (Å²) in [4.78, 5) is 12.6. The normalized spacial score (nSPS) is 15.2. The van der Waals surface area contributed by atoms with Crippen molar-refractivity contribution in [2.45, 2.75) is 31.0 Å². The molecule has 3 rings (SSSR count). The Balaban J connectivity index is 1.69. The van der Waals surface area contributed by atoms with E-state index >= 15 is 0 Å². The number of benzene rings is 2. The zero-order valence-corrected chi connectivity index (χ0v) is 16.2. The molecule has 1 fully saturated rings. The molecule has 0 aliphatic carbocycles. The Hall–Kier alpha value is -1.59. The first-order chi connectivity index (χ1) is 12.1. The highest BCUT2D eigenvalue weighted by Crippen LogP contribution is 2.43. The van der Waals surface area contributed by atoms with E-state index in [1.165, 1.54) is 23.5 Å². The molecule has 5 heteroatoms. The SMILES string of the molecule is CC(C)Oc1ccccc1NC(=O)c1ccc(C2SCCCS2)cc1. The van der Waals surface area contributed by atoms with Crippen LogP contribution < -0.4 is 10.1 Å². The zero-order chi connectivity index (χ0) is 17.6. The number of anilines is 1. The van der Waals surface area contributed by atoms with E-state index in [9.17, 15) is 4.79 Å². The lowest BCUT2D eigenvalue weighted by atomic mass is 10.1. The maximum Gasteiger partial charge on any atom is 0.255 e. The van der Waals surface area contributed by atoms with Gasteiger partial charge in [-0.05, 0) is 61.6 Å². The number of carbonyl (C=O) groups excluding carboxylic acids is 1. The molecule has 25 heavy (non-hydrogen) atoms. The Morgan fingerprint density at radius 2 is 1.76 bits per heavy atom. The Morgan fingerprint density at radius 1 is 1.08 bits per heavy atom. The fraction of sp³-hybridized carbons (Fsp3) is 0.350. The van der Waals surface area contributed by atoms with Crippen molar-refractivity contribution in [2.24, 2.45) is 0 Å². The molecule has 1 heterocycles. The molecule has 1 aliphatic heterocycles. The summed E-state index contributed by atoms with van der Waals surface area (Å²) >= 11 is 3.97. The number of hydrogen-bond acceptors (Lipinski definition) is 4. The highest BCUT2D eigenvalue weighted by Gasteiger charge is 2.17. The molecule has 0 saturated carbocycles. The largest absolute Gasteiger partial charge is 0.489 e. The molecule has 3 nitrogen and oxygen atoms in total. The van der Waals surface area contributed by atoms with Gasteiger partial charge in [0.1, 0.15) is 5.75 Å². The lowest BCUT2D eigenvalue weighted by Gasteiger charge is -2.21. The van der Waals surface area contributed by atoms with Crippen LogP contribution in [-0.4, -0.2) is 23.5 Å². The molecule has 0 aromatic heterocycles. The van der Waals surface area contributed by atoms with Crippen molar-refractivity contribution in [2.75, 3.05) is 16.8 Å². The average Bonchev–Trinajstić information content (AvgIpc) is 2.64. The maximum absolute atomic E-state index is 12.6. The molecule has 1 N–H and O–H groups in total. The number of thioether (sulfide) groups is 2. The average molecular weight is 374 g/mol. The van der Waals surface area contributed by atoms with Crippen molar-refractivity contribution in [1.29, 1.82) is 0 Å². The van der Waals surface area contributed by atoms with Gasteiger partial charge in [-0.15, -0.1) is 23.5 Å². The summed E-state index contributed by atoms with van der Waals surface area (Å²) in [7, 11) is 0. The number of nitrogens with one attached hydrogen (secondary N) is 1. The Kier molecular flexibility index (Phi) is 6.32. The van der Waals surface area contributed by atoms with Crippen LogP contribution in [-0.2, 0) is 0 Å². The summed E-state index contributed by atoms with van der Waals surface area (Å²) in [6.45, 7) is 3.94. The smallest absolute Gasteiger partial charge is 0.255 e. The quantitative estimate of drug-likeness (QED) is 0.741. The van der Waals surface area contributed by atoms with E-state index in [1.807, 2.05) is 73.8 Å². The minimum absolute atomic E-state index is 0.0582. The molecule has 0 spiro atoms. The minimum atomic E-state index is -0.115. The number of amides is 1. The third kappa shape index (κ3) is 4.95. The van der Waals surface area contributed by atoms with Crippen LogP contribution in [0.1, 0.15) is 40.8 Å². The first-order valence-corrected chi connectivity index (χ1v) is 10.6. The third-order valence-corrected chi connectivity index (χ3v) is 6.79. The summed E-state index contributed by atoms with van der Waals surface area (Å²) in [5.74, 6) is 3.01. The number of carbonyl (C=O) groups is 1. The molecular weight excluding hydrogens is 350 g/mol. The molecule has 2 aromatic rings. The predicted octanol–water partition coefficient (Wildman–Crippen LogP) is 5.59. The van der Waals surface area contributed by atoms with Gasteiger partial charge in [-0.25, -0.2) is 0 Å². The third-order valence-electron chi connectivity index (χ3n) is 3.77. The molecule has 132 valence electrons. The van der Waals surface area contributed by atoms with Crippen LogP contribution >= 0.6 is 23.5 Å². The highest BCUT2D eigenvalue weighted by molar-refractivity contribution is 8.16. The fourth-order valence-electron chi connectivity index (χ4n) is 2.59. The van der Waals surface area contributed by atoms with Crippen molar-refractivity contribution < 1.29 is 9.53 Å². The molecule has 0 atom stereocenters. The molecule has 1 saturated heterocycles. The van der Waals surface area contributed by atoms with Crippen molar-refractivity contribution >= 4 is 35.1 Å². The van der Waals surface area contributed by atoms with Gasteiger partial charge in [0.25, 0.3) is 5.91 Å². The van der Waals surface area contributed by atoms with Gasteiger partial charge in [-0.2, -0.15) is 0 Å². The summed E-state index contributed by atoms with van der Waals surface area (Å²) < 4.78 is 6.25. The fourth-order valence-corrected chi connectivity index (χ4v) is 5.49. The van der Waals surface area contributed by atoms with Crippen LogP contribution in [0.25, 0.3) is 0 Å². The summed E-state index contributed by atoms with van der Waals surface area (Å²) in [5.41, 5.74) is 2.65. The van der Waals surface area contributed by atoms with E-state index in [0.717, 1.165) is 0 Å². The second-order valence-electron chi connectivity index (χ2n) is 6.17. The van der Waals surface area contributed by atoms with Crippen molar-refractivity contribution in [3.63, 3.8) is 0 Å². The van der Waals surface area contributed by atoms with Crippen molar-refractivity contribution in [3.05, 3.63) is 59.7 Å². The van der Waals surface area contributed by atoms with E-state index in [4.69, 9.17) is 4.74 Å². The zero-order valence-electron chi connectivity index (χ0n) is 14.5. The summed E-state index contributed by atoms with van der Waals surface area (Å²) in [5, 5.41) is 2.96. The van der Waals surface area contributed by atoms with E-state index in [2.05, 4.69) is 17.4 Å². The first-order valence-electron chi connectivity index (χ1n) is 8.53. The van der Waals surface area contributed by atoms with Crippen LogP contribution in [0, 0.1) is 0 Å². The van der Waals surface area contributed by atoms with Gasteiger partial charge in [0.2, 0.25) is 0 Å². The van der Waals surface area contributed by atoms with Gasteiger partial charge < -0.3 is 10.1 Å². The lowest BCUT2D eigenvalue weighted by molar-refractivity contribution is 0.102.